The zero-order chi connectivity index (χ0) is 16.1. The highest BCUT2D eigenvalue weighted by molar-refractivity contribution is 9.10. The number of urea groups is 1. The first kappa shape index (κ1) is 16.7. The summed E-state index contributed by atoms with van der Waals surface area (Å²) in [6.45, 7) is 0. The van der Waals surface area contributed by atoms with Gasteiger partial charge >= 0.3 is 6.03 Å². The first-order valence-electron chi connectivity index (χ1n) is 6.53. The first-order valence-corrected chi connectivity index (χ1v) is 8.12. The molecule has 0 unspecified atom stereocenters. The lowest BCUT2D eigenvalue weighted by atomic mass is 10.3. The molecule has 2 amide bonds. The molecule has 0 heterocycles. The van der Waals surface area contributed by atoms with Gasteiger partial charge in [0.05, 0.1) is 11.4 Å². The molecule has 0 fully saturated rings. The summed E-state index contributed by atoms with van der Waals surface area (Å²) in [7, 11) is 3.42. The molecule has 0 N–H and O–H groups in total. The maximum absolute atomic E-state index is 12.3. The van der Waals surface area contributed by atoms with Gasteiger partial charge in [-0.15, -0.1) is 0 Å². The number of benzene rings is 2. The van der Waals surface area contributed by atoms with Gasteiger partial charge in [-0.25, -0.2) is 9.79 Å². The summed E-state index contributed by atoms with van der Waals surface area (Å²) < 4.78 is 1.94. The number of carbonyl (C=O) groups excluding carboxylic acids is 1. The van der Waals surface area contributed by atoms with Gasteiger partial charge in [0.1, 0.15) is 6.34 Å². The van der Waals surface area contributed by atoms with Crippen LogP contribution in [-0.2, 0) is 0 Å². The number of amides is 2. The number of nitrogens with zero attached hydrogens (tertiary/aromatic N) is 3. The summed E-state index contributed by atoms with van der Waals surface area (Å²) in [4.78, 5) is 19.7. The van der Waals surface area contributed by atoms with E-state index in [-0.39, 0.29) is 6.03 Å². The van der Waals surface area contributed by atoms with Crippen molar-refractivity contribution in [3.63, 3.8) is 0 Å². The van der Waals surface area contributed by atoms with Crippen molar-refractivity contribution < 1.29 is 4.79 Å². The number of halogens is 2. The molecule has 0 aliphatic rings. The Morgan fingerprint density at radius 3 is 1.95 bits per heavy atom. The van der Waals surface area contributed by atoms with Crippen molar-refractivity contribution in [3.8, 4) is 0 Å². The van der Waals surface area contributed by atoms with E-state index in [1.54, 1.807) is 14.1 Å². The molecule has 0 aliphatic carbocycles. The molecule has 6 heteroatoms. The van der Waals surface area contributed by atoms with Crippen molar-refractivity contribution in [1.29, 1.82) is 0 Å². The molecule has 0 saturated heterocycles. The maximum Gasteiger partial charge on any atom is 0.329 e. The third-order valence-electron chi connectivity index (χ3n) is 2.84. The molecule has 0 atom stereocenters. The fourth-order valence-electron chi connectivity index (χ4n) is 1.70. The molecular weight excluding hydrogens is 410 g/mol. The lowest BCUT2D eigenvalue weighted by Crippen LogP contribution is -2.38. The summed E-state index contributed by atoms with van der Waals surface area (Å²) in [6.07, 6.45) is 1.54. The SMILES string of the molecule is CN(C)C(=O)N(C=Nc1ccc(Br)cc1)c1ccc(Br)cc1. The minimum atomic E-state index is -0.164. The summed E-state index contributed by atoms with van der Waals surface area (Å²) in [5, 5.41) is 0. The molecule has 0 bridgehead atoms. The van der Waals surface area contributed by atoms with Crippen LogP contribution in [-0.4, -0.2) is 31.4 Å². The molecule has 2 aromatic carbocycles. The van der Waals surface area contributed by atoms with Crippen molar-refractivity contribution in [2.75, 3.05) is 19.0 Å². The summed E-state index contributed by atoms with van der Waals surface area (Å²) in [5.74, 6) is 0. The molecular formula is C16H15Br2N3O. The Kier molecular flexibility index (Phi) is 5.74. The first-order chi connectivity index (χ1) is 10.5. The third-order valence-corrected chi connectivity index (χ3v) is 3.90. The topological polar surface area (TPSA) is 35.9 Å². The molecule has 22 heavy (non-hydrogen) atoms. The van der Waals surface area contributed by atoms with Crippen LogP contribution in [0.5, 0.6) is 0 Å². The fraction of sp³-hybridized carbons (Fsp3) is 0.125. The fourth-order valence-corrected chi connectivity index (χ4v) is 2.22. The van der Waals surface area contributed by atoms with Gasteiger partial charge < -0.3 is 4.90 Å². The van der Waals surface area contributed by atoms with Crippen molar-refractivity contribution in [2.24, 2.45) is 4.99 Å². The summed E-state index contributed by atoms with van der Waals surface area (Å²) in [5.41, 5.74) is 1.53. The number of anilines is 1. The Bertz CT molecular complexity index is 667. The van der Waals surface area contributed by atoms with E-state index in [0.717, 1.165) is 20.3 Å². The van der Waals surface area contributed by atoms with Gasteiger partial charge in [0, 0.05) is 23.0 Å². The average molecular weight is 425 g/mol. The number of hydrogen-bond acceptors (Lipinski definition) is 2. The lowest BCUT2D eigenvalue weighted by Gasteiger charge is -2.22. The second-order valence-electron chi connectivity index (χ2n) is 4.74. The van der Waals surface area contributed by atoms with Gasteiger partial charge in [-0.2, -0.15) is 0 Å². The summed E-state index contributed by atoms with van der Waals surface area (Å²) in [6, 6.07) is 14.9. The van der Waals surface area contributed by atoms with Crippen molar-refractivity contribution in [3.05, 3.63) is 57.5 Å². The van der Waals surface area contributed by atoms with Crippen LogP contribution in [0.25, 0.3) is 0 Å². The van der Waals surface area contributed by atoms with Crippen LogP contribution in [0, 0.1) is 0 Å². The number of aliphatic imine (C=N–C) groups is 1. The average Bonchev–Trinajstić information content (AvgIpc) is 2.50. The molecule has 114 valence electrons. The Labute approximate surface area is 146 Å². The highest BCUT2D eigenvalue weighted by Crippen LogP contribution is 2.20. The van der Waals surface area contributed by atoms with E-state index in [4.69, 9.17) is 0 Å². The van der Waals surface area contributed by atoms with Gasteiger partial charge in [0.15, 0.2) is 0 Å². The number of hydrogen-bond donors (Lipinski definition) is 0. The van der Waals surface area contributed by atoms with E-state index in [0.29, 0.717) is 0 Å². The van der Waals surface area contributed by atoms with Crippen LogP contribution in [0.1, 0.15) is 0 Å². The smallest absolute Gasteiger partial charge is 0.329 e. The van der Waals surface area contributed by atoms with E-state index in [2.05, 4.69) is 36.9 Å². The minimum Gasteiger partial charge on any atom is -0.330 e. The number of carbonyl (C=O) groups is 1. The van der Waals surface area contributed by atoms with Crippen molar-refractivity contribution in [2.45, 2.75) is 0 Å². The predicted molar refractivity (Wildman–Crippen MR) is 98.0 cm³/mol. The van der Waals surface area contributed by atoms with Gasteiger partial charge in [-0.05, 0) is 48.5 Å². The van der Waals surface area contributed by atoms with E-state index < -0.39 is 0 Å². The zero-order valence-corrected chi connectivity index (χ0v) is 15.4. The molecule has 0 saturated carbocycles. The van der Waals surface area contributed by atoms with Crippen LogP contribution in [0.3, 0.4) is 0 Å². The van der Waals surface area contributed by atoms with Crippen molar-refractivity contribution in [1.82, 2.24) is 4.90 Å². The maximum atomic E-state index is 12.3. The van der Waals surface area contributed by atoms with Crippen LogP contribution in [0.4, 0.5) is 16.2 Å². The van der Waals surface area contributed by atoms with E-state index in [1.165, 1.54) is 16.1 Å². The molecule has 0 radical (unpaired) electrons. The second kappa shape index (κ2) is 7.56. The highest BCUT2D eigenvalue weighted by atomic mass is 79.9. The normalized spacial score (nSPS) is 10.7. The molecule has 4 nitrogen and oxygen atoms in total. The van der Waals surface area contributed by atoms with Crippen LogP contribution >= 0.6 is 31.9 Å². The van der Waals surface area contributed by atoms with Gasteiger partial charge in [-0.3, -0.25) is 4.90 Å². The Balaban J connectivity index is 2.30. The van der Waals surface area contributed by atoms with Crippen LogP contribution in [0.15, 0.2) is 62.5 Å². The van der Waals surface area contributed by atoms with E-state index >= 15 is 0 Å². The van der Waals surface area contributed by atoms with Gasteiger partial charge in [0.2, 0.25) is 0 Å². The third kappa shape index (κ3) is 4.42. The Morgan fingerprint density at radius 1 is 0.955 bits per heavy atom. The second-order valence-corrected chi connectivity index (χ2v) is 6.58. The number of rotatable bonds is 3. The molecule has 0 aliphatic heterocycles. The minimum absolute atomic E-state index is 0.164. The lowest BCUT2D eigenvalue weighted by molar-refractivity contribution is 0.227. The standard InChI is InChI=1S/C16H15Br2N3O/c1-20(2)16(22)21(15-9-5-13(18)6-10-15)11-19-14-7-3-12(17)4-8-14/h3-11H,1-2H3. The Morgan fingerprint density at radius 2 is 1.45 bits per heavy atom. The molecule has 0 spiro atoms. The van der Waals surface area contributed by atoms with E-state index in [1.807, 2.05) is 48.5 Å². The molecule has 0 aromatic heterocycles. The van der Waals surface area contributed by atoms with Gasteiger partial charge in [0.25, 0.3) is 0 Å². The van der Waals surface area contributed by atoms with E-state index in [9.17, 15) is 4.79 Å². The highest BCUT2D eigenvalue weighted by Gasteiger charge is 2.15. The quantitative estimate of drug-likeness (QED) is 0.501. The zero-order valence-electron chi connectivity index (χ0n) is 12.2. The molecule has 2 rings (SSSR count). The largest absolute Gasteiger partial charge is 0.330 e. The van der Waals surface area contributed by atoms with Gasteiger partial charge in [-0.1, -0.05) is 31.9 Å². The Hall–Kier alpha value is -1.66. The monoisotopic (exact) mass is 423 g/mol. The van der Waals surface area contributed by atoms with Crippen LogP contribution < -0.4 is 4.90 Å². The van der Waals surface area contributed by atoms with Crippen LogP contribution in [0.2, 0.25) is 0 Å². The predicted octanol–water partition coefficient (Wildman–Crippen LogP) is 5.06. The molecule has 2 aromatic rings. The summed E-state index contributed by atoms with van der Waals surface area (Å²) >= 11 is 6.77. The van der Waals surface area contributed by atoms with Crippen molar-refractivity contribution >= 4 is 55.6 Å².